The number of Topliss-reactive ketones (excluding diaryl/α,β-unsaturated/α-hetero) is 1. The Morgan fingerprint density at radius 1 is 1.35 bits per heavy atom. The highest BCUT2D eigenvalue weighted by atomic mass is 16.5. The first-order chi connectivity index (χ1) is 9.56. The van der Waals surface area contributed by atoms with E-state index >= 15 is 0 Å². The molecule has 20 heavy (non-hydrogen) atoms. The highest BCUT2D eigenvalue weighted by molar-refractivity contribution is 6.41. The third kappa shape index (κ3) is 1.84. The van der Waals surface area contributed by atoms with Crippen LogP contribution in [0, 0.1) is 0 Å². The number of hydrogen-bond acceptors (Lipinski definition) is 5. The molecule has 0 bridgehead atoms. The van der Waals surface area contributed by atoms with E-state index in [1.165, 1.54) is 7.11 Å². The van der Waals surface area contributed by atoms with Gasteiger partial charge in [-0.05, 0) is 30.5 Å². The molecule has 0 spiro atoms. The number of carbonyl (C=O) groups is 3. The maximum absolute atomic E-state index is 11.8. The summed E-state index contributed by atoms with van der Waals surface area (Å²) in [6.07, 6.45) is 1.45. The molecular weight excluding hydrogens is 262 g/mol. The van der Waals surface area contributed by atoms with Gasteiger partial charge >= 0.3 is 5.97 Å². The Balaban J connectivity index is 1.97. The number of nitrogens with one attached hydrogen (secondary N) is 1. The molecule has 1 aromatic rings. The van der Waals surface area contributed by atoms with Gasteiger partial charge in [0.25, 0.3) is 11.7 Å². The van der Waals surface area contributed by atoms with Crippen LogP contribution >= 0.6 is 0 Å². The van der Waals surface area contributed by atoms with Crippen molar-refractivity contribution >= 4 is 23.3 Å². The fourth-order valence-electron chi connectivity index (χ4n) is 2.37. The lowest BCUT2D eigenvalue weighted by Gasteiger charge is -2.15. The van der Waals surface area contributed by atoms with Gasteiger partial charge in [-0.3, -0.25) is 14.4 Å². The SMILES string of the molecule is COC(=O)C1(c2ccc3c(c2)OCC(=O)C(=O)N3)CC1. The molecule has 1 N–H and O–H groups in total. The fourth-order valence-corrected chi connectivity index (χ4v) is 2.37. The molecule has 1 saturated carbocycles. The molecule has 1 fully saturated rings. The number of ketones is 1. The fraction of sp³-hybridized carbons (Fsp3) is 0.357. The van der Waals surface area contributed by atoms with Crippen LogP contribution in [-0.4, -0.2) is 31.4 Å². The minimum Gasteiger partial charge on any atom is -0.483 e. The van der Waals surface area contributed by atoms with Gasteiger partial charge in [0, 0.05) is 0 Å². The lowest BCUT2D eigenvalue weighted by molar-refractivity contribution is -0.143. The Morgan fingerprint density at radius 2 is 2.10 bits per heavy atom. The average Bonchev–Trinajstić information content (AvgIpc) is 3.26. The third-order valence-electron chi connectivity index (χ3n) is 3.72. The first-order valence-corrected chi connectivity index (χ1v) is 6.27. The number of carbonyl (C=O) groups excluding carboxylic acids is 3. The van der Waals surface area contributed by atoms with Gasteiger partial charge in [-0.15, -0.1) is 0 Å². The molecule has 0 aromatic heterocycles. The normalized spacial score (nSPS) is 19.2. The van der Waals surface area contributed by atoms with Crippen molar-refractivity contribution in [3.63, 3.8) is 0 Å². The van der Waals surface area contributed by atoms with Crippen molar-refractivity contribution in [3.05, 3.63) is 23.8 Å². The third-order valence-corrected chi connectivity index (χ3v) is 3.72. The topological polar surface area (TPSA) is 81.7 Å². The average molecular weight is 275 g/mol. The van der Waals surface area contributed by atoms with E-state index in [9.17, 15) is 14.4 Å². The largest absolute Gasteiger partial charge is 0.483 e. The lowest BCUT2D eigenvalue weighted by atomic mass is 9.95. The Kier molecular flexibility index (Phi) is 2.74. The number of hydrogen-bond donors (Lipinski definition) is 1. The molecule has 0 radical (unpaired) electrons. The second-order valence-corrected chi connectivity index (χ2v) is 4.95. The van der Waals surface area contributed by atoms with Crippen LogP contribution < -0.4 is 10.1 Å². The first-order valence-electron chi connectivity index (χ1n) is 6.27. The number of amides is 1. The van der Waals surface area contributed by atoms with Crippen LogP contribution in [0.15, 0.2) is 18.2 Å². The Bertz CT molecular complexity index is 618. The Hall–Kier alpha value is -2.37. The minimum absolute atomic E-state index is 0.272. The molecule has 2 aliphatic rings. The molecule has 1 amide bonds. The second-order valence-electron chi connectivity index (χ2n) is 4.95. The highest BCUT2D eigenvalue weighted by Gasteiger charge is 2.52. The summed E-state index contributed by atoms with van der Waals surface area (Å²) in [7, 11) is 1.36. The number of ether oxygens (including phenoxy) is 2. The van der Waals surface area contributed by atoms with Crippen molar-refractivity contribution < 1.29 is 23.9 Å². The standard InChI is InChI=1S/C14H13NO5/c1-19-13(18)14(4-5-14)8-2-3-9-11(6-8)20-7-10(16)12(17)15-9/h2-3,6H,4-5,7H2,1H3,(H,15,17). The summed E-state index contributed by atoms with van der Waals surface area (Å²) in [5.74, 6) is -1.19. The Morgan fingerprint density at radius 3 is 2.75 bits per heavy atom. The van der Waals surface area contributed by atoms with Gasteiger partial charge in [-0.25, -0.2) is 0 Å². The van der Waals surface area contributed by atoms with E-state index < -0.39 is 17.1 Å². The summed E-state index contributed by atoms with van der Waals surface area (Å²) in [5, 5.41) is 2.48. The zero-order valence-electron chi connectivity index (χ0n) is 10.9. The predicted molar refractivity (Wildman–Crippen MR) is 68.5 cm³/mol. The van der Waals surface area contributed by atoms with E-state index in [0.717, 1.165) is 18.4 Å². The molecular formula is C14H13NO5. The quantitative estimate of drug-likeness (QED) is 0.637. The van der Waals surface area contributed by atoms with Crippen molar-refractivity contribution in [1.29, 1.82) is 0 Å². The van der Waals surface area contributed by atoms with Gasteiger partial charge in [0.15, 0.2) is 6.61 Å². The van der Waals surface area contributed by atoms with E-state index in [1.54, 1.807) is 18.2 Å². The van der Waals surface area contributed by atoms with Crippen LogP contribution in [0.1, 0.15) is 18.4 Å². The molecule has 0 unspecified atom stereocenters. The Labute approximate surface area is 115 Å². The predicted octanol–water partition coefficient (Wildman–Crippen LogP) is 0.791. The minimum atomic E-state index is -0.689. The molecule has 6 heteroatoms. The van der Waals surface area contributed by atoms with Crippen molar-refractivity contribution in [2.75, 3.05) is 19.0 Å². The van der Waals surface area contributed by atoms with Gasteiger partial charge < -0.3 is 14.8 Å². The van der Waals surface area contributed by atoms with Crippen molar-refractivity contribution in [2.45, 2.75) is 18.3 Å². The number of methoxy groups -OCH3 is 1. The summed E-state index contributed by atoms with van der Waals surface area (Å²) >= 11 is 0. The molecule has 3 rings (SSSR count). The molecule has 0 saturated heterocycles. The van der Waals surface area contributed by atoms with Crippen molar-refractivity contribution in [1.82, 2.24) is 0 Å². The van der Waals surface area contributed by atoms with Crippen molar-refractivity contribution in [2.24, 2.45) is 0 Å². The van der Waals surface area contributed by atoms with Crippen LogP contribution in [0.4, 0.5) is 5.69 Å². The zero-order chi connectivity index (χ0) is 14.3. The molecule has 1 aromatic carbocycles. The summed E-state index contributed by atoms with van der Waals surface area (Å²) in [6.45, 7) is -0.298. The molecule has 0 atom stereocenters. The molecule has 1 heterocycles. The van der Waals surface area contributed by atoms with Crippen molar-refractivity contribution in [3.8, 4) is 5.75 Å². The van der Waals surface area contributed by atoms with Gasteiger partial charge in [-0.1, -0.05) is 6.07 Å². The first kappa shape index (κ1) is 12.7. The maximum Gasteiger partial charge on any atom is 0.316 e. The molecule has 1 aliphatic carbocycles. The summed E-state index contributed by atoms with van der Waals surface area (Å²) < 4.78 is 10.2. The van der Waals surface area contributed by atoms with E-state index in [1.807, 2.05) is 0 Å². The summed E-state index contributed by atoms with van der Waals surface area (Å²) in [6, 6.07) is 5.09. The van der Waals surface area contributed by atoms with E-state index in [4.69, 9.17) is 9.47 Å². The van der Waals surface area contributed by atoms with Gasteiger partial charge in [0.05, 0.1) is 18.2 Å². The van der Waals surface area contributed by atoms with Gasteiger partial charge in [-0.2, -0.15) is 0 Å². The number of rotatable bonds is 2. The van der Waals surface area contributed by atoms with Crippen LogP contribution in [0.3, 0.4) is 0 Å². The zero-order valence-corrected chi connectivity index (χ0v) is 10.9. The number of benzene rings is 1. The van der Waals surface area contributed by atoms with Crippen LogP contribution in [0.2, 0.25) is 0 Å². The van der Waals surface area contributed by atoms with E-state index in [0.29, 0.717) is 11.4 Å². The number of fused-ring (bicyclic) bond motifs is 1. The van der Waals surface area contributed by atoms with E-state index in [2.05, 4.69) is 5.32 Å². The van der Waals surface area contributed by atoms with Gasteiger partial charge in [0.1, 0.15) is 5.75 Å². The smallest absolute Gasteiger partial charge is 0.316 e. The van der Waals surface area contributed by atoms with Gasteiger partial charge in [0.2, 0.25) is 0 Å². The highest BCUT2D eigenvalue weighted by Crippen LogP contribution is 2.50. The molecule has 6 nitrogen and oxygen atoms in total. The summed E-state index contributed by atoms with van der Waals surface area (Å²) in [5.41, 5.74) is 0.616. The van der Waals surface area contributed by atoms with Crippen LogP contribution in [0.25, 0.3) is 0 Å². The molecule has 1 aliphatic heterocycles. The summed E-state index contributed by atoms with van der Waals surface area (Å²) in [4.78, 5) is 34.6. The van der Waals surface area contributed by atoms with E-state index in [-0.39, 0.29) is 12.6 Å². The second kappa shape index (κ2) is 4.33. The van der Waals surface area contributed by atoms with Crippen LogP contribution in [0.5, 0.6) is 5.75 Å². The monoisotopic (exact) mass is 275 g/mol. The van der Waals surface area contributed by atoms with Crippen LogP contribution in [-0.2, 0) is 24.5 Å². The molecule has 104 valence electrons. The maximum atomic E-state index is 11.8. The number of esters is 1. The number of anilines is 1. The lowest BCUT2D eigenvalue weighted by Crippen LogP contribution is -2.24.